The van der Waals surface area contributed by atoms with E-state index in [0.29, 0.717) is 12.8 Å². The van der Waals surface area contributed by atoms with E-state index in [1.54, 1.807) is 0 Å². The fourth-order valence-corrected chi connectivity index (χ4v) is 6.63. The molecule has 2 aliphatic heterocycles. The smallest absolute Gasteiger partial charge is 0.410 e. The van der Waals surface area contributed by atoms with Gasteiger partial charge in [0.25, 0.3) is 0 Å². The van der Waals surface area contributed by atoms with Crippen LogP contribution in [-0.2, 0) is 4.74 Å². The maximum absolute atomic E-state index is 14.1. The van der Waals surface area contributed by atoms with Gasteiger partial charge in [-0.15, -0.1) is 0 Å². The third-order valence-corrected chi connectivity index (χ3v) is 8.28. The minimum absolute atomic E-state index is 0.00677. The van der Waals surface area contributed by atoms with E-state index in [2.05, 4.69) is 24.3 Å². The molecule has 6 rings (SSSR count). The number of fused-ring (bicyclic) bond motifs is 5. The molecule has 3 aromatic rings. The van der Waals surface area contributed by atoms with Crippen molar-refractivity contribution in [1.29, 1.82) is 5.26 Å². The predicted molar refractivity (Wildman–Crippen MR) is 137 cm³/mol. The van der Waals surface area contributed by atoms with Gasteiger partial charge < -0.3 is 9.64 Å². The molecule has 2 saturated heterocycles. The van der Waals surface area contributed by atoms with E-state index in [1.165, 1.54) is 40.5 Å². The summed E-state index contributed by atoms with van der Waals surface area (Å²) in [6, 6.07) is 22.3. The molecule has 2 heterocycles. The molecule has 1 aliphatic carbocycles. The number of benzene rings is 3. The van der Waals surface area contributed by atoms with Crippen LogP contribution in [0, 0.1) is 23.1 Å². The normalized spacial score (nSPS) is 22.1. The van der Waals surface area contributed by atoms with Crippen molar-refractivity contribution in [3.63, 3.8) is 0 Å². The Morgan fingerprint density at radius 3 is 2.16 bits per heavy atom. The van der Waals surface area contributed by atoms with Gasteiger partial charge in [-0.25, -0.2) is 9.18 Å². The van der Waals surface area contributed by atoms with E-state index in [9.17, 15) is 19.2 Å². The molecule has 0 radical (unpaired) electrons. The standard InChI is InChI=1S/C31H27FN2O3/c32-29-14-6-13-26(27(29)17-33)30(35)19-15-20-7-5-8-21(16-19)34(20)31(36)37-18-28-24-11-3-1-9-22(24)23-10-2-4-12-25(23)28/h1-4,6,9-14,19-21,28H,5,7-8,15-16,18H2. The lowest BCUT2D eigenvalue weighted by molar-refractivity contribution is 0.00650. The van der Waals surface area contributed by atoms with Crippen molar-refractivity contribution in [1.82, 2.24) is 4.90 Å². The van der Waals surface area contributed by atoms with Crippen molar-refractivity contribution >= 4 is 11.9 Å². The highest BCUT2D eigenvalue weighted by atomic mass is 19.1. The van der Waals surface area contributed by atoms with Crippen LogP contribution in [0.4, 0.5) is 9.18 Å². The lowest BCUT2D eigenvalue weighted by Gasteiger charge is -2.47. The Kier molecular flexibility index (Phi) is 6.00. The highest BCUT2D eigenvalue weighted by molar-refractivity contribution is 6.00. The average molecular weight is 495 g/mol. The number of nitriles is 1. The molecule has 2 unspecified atom stereocenters. The van der Waals surface area contributed by atoms with Gasteiger partial charge in [0.15, 0.2) is 5.78 Å². The molecule has 2 bridgehead atoms. The highest BCUT2D eigenvalue weighted by Gasteiger charge is 2.44. The number of carbonyl (C=O) groups excluding carboxylic acids is 2. The van der Waals surface area contributed by atoms with Crippen LogP contribution in [0.3, 0.4) is 0 Å². The fraction of sp³-hybridized carbons (Fsp3) is 0.323. The van der Waals surface area contributed by atoms with Gasteiger partial charge in [-0.2, -0.15) is 5.26 Å². The molecule has 1 amide bonds. The number of ketones is 1. The molecule has 0 spiro atoms. The van der Waals surface area contributed by atoms with E-state index in [1.807, 2.05) is 35.2 Å². The Morgan fingerprint density at radius 1 is 0.919 bits per heavy atom. The molecule has 2 fully saturated rings. The summed E-state index contributed by atoms with van der Waals surface area (Å²) in [5.41, 5.74) is 4.65. The second kappa shape index (κ2) is 9.48. The first-order valence-electron chi connectivity index (χ1n) is 12.9. The lowest BCUT2D eigenvalue weighted by Crippen LogP contribution is -2.56. The van der Waals surface area contributed by atoms with Crippen LogP contribution in [0.2, 0.25) is 0 Å². The summed E-state index contributed by atoms with van der Waals surface area (Å²) in [5, 5.41) is 9.38. The minimum atomic E-state index is -0.676. The molecule has 2 atom stereocenters. The van der Waals surface area contributed by atoms with Crippen molar-refractivity contribution in [2.45, 2.75) is 50.1 Å². The topological polar surface area (TPSA) is 70.4 Å². The molecule has 3 aliphatic rings. The van der Waals surface area contributed by atoms with E-state index < -0.39 is 5.82 Å². The van der Waals surface area contributed by atoms with Gasteiger partial charge in [0.2, 0.25) is 0 Å². The van der Waals surface area contributed by atoms with Gasteiger partial charge >= 0.3 is 6.09 Å². The van der Waals surface area contributed by atoms with Crippen LogP contribution in [0.5, 0.6) is 0 Å². The van der Waals surface area contributed by atoms with Gasteiger partial charge in [0.05, 0.1) is 5.56 Å². The third kappa shape index (κ3) is 3.99. The molecule has 0 N–H and O–H groups in total. The van der Waals surface area contributed by atoms with Crippen molar-refractivity contribution in [2.75, 3.05) is 6.61 Å². The van der Waals surface area contributed by atoms with Crippen LogP contribution in [-0.4, -0.2) is 35.5 Å². The zero-order valence-electron chi connectivity index (χ0n) is 20.4. The number of amides is 1. The summed E-state index contributed by atoms with van der Waals surface area (Å²) < 4.78 is 20.1. The maximum Gasteiger partial charge on any atom is 0.410 e. The maximum atomic E-state index is 14.1. The van der Waals surface area contributed by atoms with Crippen LogP contribution in [0.25, 0.3) is 11.1 Å². The van der Waals surface area contributed by atoms with Gasteiger partial charge in [-0.1, -0.05) is 54.6 Å². The third-order valence-electron chi connectivity index (χ3n) is 8.28. The monoisotopic (exact) mass is 494 g/mol. The number of Topliss-reactive ketones (excluding diaryl/α,β-unsaturated/α-hetero) is 1. The molecular weight excluding hydrogens is 467 g/mol. The van der Waals surface area contributed by atoms with Gasteiger partial charge in [-0.3, -0.25) is 4.79 Å². The van der Waals surface area contributed by atoms with E-state index >= 15 is 0 Å². The van der Waals surface area contributed by atoms with Crippen molar-refractivity contribution in [3.8, 4) is 17.2 Å². The molecule has 37 heavy (non-hydrogen) atoms. The number of rotatable bonds is 4. The van der Waals surface area contributed by atoms with E-state index in [-0.39, 0.29) is 53.5 Å². The number of hydrogen-bond donors (Lipinski definition) is 0. The number of piperidine rings is 2. The van der Waals surface area contributed by atoms with Gasteiger partial charge in [0, 0.05) is 29.5 Å². The number of ether oxygens (including phenoxy) is 1. The highest BCUT2D eigenvalue weighted by Crippen LogP contribution is 2.45. The zero-order chi connectivity index (χ0) is 25.5. The molecule has 0 saturated carbocycles. The second-order valence-corrected chi connectivity index (χ2v) is 10.3. The van der Waals surface area contributed by atoms with E-state index in [0.717, 1.165) is 19.3 Å². The summed E-state index contributed by atoms with van der Waals surface area (Å²) in [6.07, 6.45) is 3.28. The van der Waals surface area contributed by atoms with Crippen LogP contribution in [0.1, 0.15) is 65.1 Å². The molecule has 0 aromatic heterocycles. The van der Waals surface area contributed by atoms with Crippen LogP contribution >= 0.6 is 0 Å². The number of carbonyl (C=O) groups is 2. The Bertz CT molecular complexity index is 1370. The number of nitrogens with zero attached hydrogens (tertiary/aromatic N) is 2. The van der Waals surface area contributed by atoms with E-state index in [4.69, 9.17) is 4.74 Å². The van der Waals surface area contributed by atoms with Gasteiger partial charge in [0.1, 0.15) is 18.5 Å². The zero-order valence-corrected chi connectivity index (χ0v) is 20.4. The SMILES string of the molecule is N#Cc1c(F)cccc1C(=O)C1CC2CCCC(C1)N2C(=O)OCC1c2ccccc2-c2ccccc21. The number of halogens is 1. The largest absolute Gasteiger partial charge is 0.448 e. The summed E-state index contributed by atoms with van der Waals surface area (Å²) in [4.78, 5) is 28.6. The molecular formula is C31H27FN2O3. The Morgan fingerprint density at radius 2 is 1.54 bits per heavy atom. The van der Waals surface area contributed by atoms with Crippen molar-refractivity contribution < 1.29 is 18.7 Å². The summed E-state index contributed by atoms with van der Waals surface area (Å²) >= 11 is 0. The fourth-order valence-electron chi connectivity index (χ4n) is 6.63. The van der Waals surface area contributed by atoms with Crippen LogP contribution in [0.15, 0.2) is 66.7 Å². The van der Waals surface area contributed by atoms with Crippen molar-refractivity contribution in [2.24, 2.45) is 5.92 Å². The Hall–Kier alpha value is -3.98. The van der Waals surface area contributed by atoms with Crippen molar-refractivity contribution in [3.05, 3.63) is 94.8 Å². The molecule has 3 aromatic carbocycles. The van der Waals surface area contributed by atoms with Gasteiger partial charge in [-0.05, 0) is 66.5 Å². The first kappa shape index (κ1) is 23.4. The molecule has 186 valence electrons. The summed E-state index contributed by atoms with van der Waals surface area (Å²) in [7, 11) is 0. The average Bonchev–Trinajstić information content (AvgIpc) is 3.24. The Balaban J connectivity index is 1.18. The number of hydrogen-bond acceptors (Lipinski definition) is 4. The summed E-state index contributed by atoms with van der Waals surface area (Å²) in [6.45, 7) is 0.264. The van der Waals surface area contributed by atoms with Crippen LogP contribution < -0.4 is 0 Å². The molecule has 5 nitrogen and oxygen atoms in total. The lowest BCUT2D eigenvalue weighted by atomic mass is 9.75. The first-order chi connectivity index (χ1) is 18.1. The molecule has 6 heteroatoms. The first-order valence-corrected chi connectivity index (χ1v) is 12.9. The second-order valence-electron chi connectivity index (χ2n) is 10.3. The summed E-state index contributed by atoms with van der Waals surface area (Å²) in [5.74, 6) is -1.24. The Labute approximate surface area is 215 Å². The predicted octanol–water partition coefficient (Wildman–Crippen LogP) is 6.46. The quantitative estimate of drug-likeness (QED) is 0.390. The minimum Gasteiger partial charge on any atom is -0.448 e.